The van der Waals surface area contributed by atoms with Crippen LogP contribution in [0.2, 0.25) is 0 Å². The molecule has 0 aliphatic carbocycles. The highest BCUT2D eigenvalue weighted by Crippen LogP contribution is 2.14. The van der Waals surface area contributed by atoms with Crippen LogP contribution in [0.4, 0.5) is 0 Å². The molecule has 0 saturated carbocycles. The Morgan fingerprint density at radius 3 is 0.942 bits per heavy atom. The van der Waals surface area contributed by atoms with Gasteiger partial charge in [0.2, 0.25) is 0 Å². The fourth-order valence-corrected chi connectivity index (χ4v) is 8.00. The minimum absolute atomic E-state index is 0.104. The summed E-state index contributed by atoms with van der Waals surface area (Å²) in [4.78, 5) is 38.2. The molecule has 0 saturated heterocycles. The monoisotopic (exact) mass is 961 g/mol. The normalized spacial score (nSPS) is 12.7. The lowest BCUT2D eigenvalue weighted by Crippen LogP contribution is -2.30. The molecule has 396 valence electrons. The van der Waals surface area contributed by atoms with E-state index in [0.717, 1.165) is 83.5 Å². The molecule has 1 atom stereocenters. The molecule has 0 amide bonds. The zero-order valence-corrected chi connectivity index (χ0v) is 45.3. The van der Waals surface area contributed by atoms with Gasteiger partial charge in [-0.25, -0.2) is 0 Å². The van der Waals surface area contributed by atoms with Crippen molar-refractivity contribution in [3.63, 3.8) is 0 Å². The first-order valence-corrected chi connectivity index (χ1v) is 29.1. The van der Waals surface area contributed by atoms with E-state index < -0.39 is 6.10 Å². The Hall–Kier alpha value is -3.41. The van der Waals surface area contributed by atoms with Gasteiger partial charge in [0.25, 0.3) is 0 Å². The first-order valence-electron chi connectivity index (χ1n) is 29.1. The molecule has 0 N–H and O–H groups in total. The molecule has 0 aromatic heterocycles. The summed E-state index contributed by atoms with van der Waals surface area (Å²) in [6.07, 6.45) is 74.4. The fraction of sp³-hybridized carbons (Fsp3) is 0.730. The van der Waals surface area contributed by atoms with Gasteiger partial charge in [0, 0.05) is 19.3 Å². The Morgan fingerprint density at radius 2 is 0.580 bits per heavy atom. The highest BCUT2D eigenvalue weighted by molar-refractivity contribution is 5.71. The quantitative estimate of drug-likeness (QED) is 0.0262. The second-order valence-corrected chi connectivity index (χ2v) is 19.2. The number of unbranched alkanes of at least 4 members (excludes halogenated alkanes) is 27. The van der Waals surface area contributed by atoms with Crippen molar-refractivity contribution >= 4 is 17.9 Å². The van der Waals surface area contributed by atoms with Crippen LogP contribution in [0.5, 0.6) is 0 Å². The van der Waals surface area contributed by atoms with Crippen molar-refractivity contribution in [1.82, 2.24) is 0 Å². The van der Waals surface area contributed by atoms with E-state index in [1.165, 1.54) is 148 Å². The highest BCUT2D eigenvalue weighted by atomic mass is 16.6. The summed E-state index contributed by atoms with van der Waals surface area (Å²) in [5, 5.41) is 0. The highest BCUT2D eigenvalue weighted by Gasteiger charge is 2.19. The maximum absolute atomic E-state index is 12.8. The smallest absolute Gasteiger partial charge is 0.306 e. The van der Waals surface area contributed by atoms with Crippen LogP contribution in [-0.2, 0) is 28.6 Å². The van der Waals surface area contributed by atoms with E-state index in [4.69, 9.17) is 14.2 Å². The van der Waals surface area contributed by atoms with E-state index in [2.05, 4.69) is 106 Å². The summed E-state index contributed by atoms with van der Waals surface area (Å²) in [7, 11) is 0. The van der Waals surface area contributed by atoms with Crippen LogP contribution in [0.15, 0.2) is 85.1 Å². The van der Waals surface area contributed by atoms with Gasteiger partial charge >= 0.3 is 17.9 Å². The molecule has 6 nitrogen and oxygen atoms in total. The zero-order chi connectivity index (χ0) is 50.0. The van der Waals surface area contributed by atoms with Crippen molar-refractivity contribution in [2.45, 2.75) is 284 Å². The van der Waals surface area contributed by atoms with Gasteiger partial charge in [-0.05, 0) is 109 Å². The predicted octanol–water partition coefficient (Wildman–Crippen LogP) is 19.5. The number of hydrogen-bond donors (Lipinski definition) is 0. The minimum atomic E-state index is -0.812. The lowest BCUT2D eigenvalue weighted by Gasteiger charge is -2.18. The van der Waals surface area contributed by atoms with E-state index in [9.17, 15) is 14.4 Å². The van der Waals surface area contributed by atoms with Gasteiger partial charge < -0.3 is 14.2 Å². The number of ether oxygens (including phenoxy) is 3. The summed E-state index contributed by atoms with van der Waals surface area (Å²) in [5.74, 6) is -0.969. The number of carbonyl (C=O) groups is 3. The van der Waals surface area contributed by atoms with Gasteiger partial charge in [0.15, 0.2) is 6.10 Å². The molecule has 0 heterocycles. The van der Waals surface area contributed by atoms with Crippen LogP contribution in [0.25, 0.3) is 0 Å². The van der Waals surface area contributed by atoms with Gasteiger partial charge in [-0.1, -0.05) is 234 Å². The van der Waals surface area contributed by atoms with Gasteiger partial charge in [-0.15, -0.1) is 0 Å². The van der Waals surface area contributed by atoms with E-state index in [1.807, 2.05) is 0 Å². The second-order valence-electron chi connectivity index (χ2n) is 19.2. The maximum Gasteiger partial charge on any atom is 0.306 e. The molecule has 0 aromatic carbocycles. The summed E-state index contributed by atoms with van der Waals surface area (Å²) in [5.41, 5.74) is 0. The van der Waals surface area contributed by atoms with Gasteiger partial charge in [0.05, 0.1) is 0 Å². The molecule has 0 rings (SSSR count). The molecule has 1 unspecified atom stereocenters. The Balaban J connectivity index is 4.48. The van der Waals surface area contributed by atoms with Crippen LogP contribution >= 0.6 is 0 Å². The molecular weight excluding hydrogens is 853 g/mol. The van der Waals surface area contributed by atoms with Crippen molar-refractivity contribution in [1.29, 1.82) is 0 Å². The SMILES string of the molecule is CC/C=C\C/C=C\C/C=C\C/C=C\C/C=C\CCCC(=O)OC(COC(=O)CCCCCCC/C=C\CCCCCCCCC)COC(=O)CCCCCCCCC/C=C\CCCCCCCCC. The molecule has 0 bridgehead atoms. The van der Waals surface area contributed by atoms with Crippen LogP contribution in [0.1, 0.15) is 278 Å². The van der Waals surface area contributed by atoms with Crippen molar-refractivity contribution in [2.24, 2.45) is 0 Å². The zero-order valence-electron chi connectivity index (χ0n) is 45.3. The molecule has 0 fully saturated rings. The van der Waals surface area contributed by atoms with Crippen LogP contribution in [0, 0.1) is 0 Å². The van der Waals surface area contributed by atoms with E-state index in [0.29, 0.717) is 19.3 Å². The molecule has 0 radical (unpaired) electrons. The van der Waals surface area contributed by atoms with Gasteiger partial charge in [-0.3, -0.25) is 14.4 Å². The van der Waals surface area contributed by atoms with Gasteiger partial charge in [0.1, 0.15) is 13.2 Å². The molecule has 69 heavy (non-hydrogen) atoms. The Kier molecular flexibility index (Phi) is 54.3. The number of carbonyl (C=O) groups excluding carboxylic acids is 3. The topological polar surface area (TPSA) is 78.9 Å². The number of rotatable bonds is 52. The van der Waals surface area contributed by atoms with Crippen molar-refractivity contribution in [2.75, 3.05) is 13.2 Å². The van der Waals surface area contributed by atoms with Crippen LogP contribution in [-0.4, -0.2) is 37.2 Å². The van der Waals surface area contributed by atoms with E-state index >= 15 is 0 Å². The van der Waals surface area contributed by atoms with Crippen LogP contribution in [0.3, 0.4) is 0 Å². The first kappa shape index (κ1) is 65.6. The van der Waals surface area contributed by atoms with Crippen molar-refractivity contribution in [3.05, 3.63) is 85.1 Å². The Morgan fingerprint density at radius 1 is 0.304 bits per heavy atom. The standard InChI is InChI=1S/C63H108O6/c1-4-7-10-13-16-19-22-25-28-31-33-35-38-41-44-47-50-53-56-62(65)68-59-60(58-67-61(64)55-52-49-46-43-40-37-34-30-27-24-21-18-15-12-9-6-3)69-63(66)57-54-51-48-45-42-39-36-32-29-26-23-20-17-14-11-8-5-2/h8,11,17,20,26,28-31,34,36,39,45,48,60H,4-7,9-10,12-16,18-19,21-25,27,32-33,35,37-38,40-44,46-47,49-59H2,1-3H3/b11-8-,20-17-,29-26-,31-28-,34-30-,39-36-,48-45-. The number of hydrogen-bond acceptors (Lipinski definition) is 6. The Bertz CT molecular complexity index is 1330. The third-order valence-corrected chi connectivity index (χ3v) is 12.4. The van der Waals surface area contributed by atoms with Crippen molar-refractivity contribution < 1.29 is 28.6 Å². The largest absolute Gasteiger partial charge is 0.462 e. The third-order valence-electron chi connectivity index (χ3n) is 12.4. The summed E-state index contributed by atoms with van der Waals surface area (Å²) < 4.78 is 16.8. The molecule has 0 spiro atoms. The predicted molar refractivity (Wildman–Crippen MR) is 297 cm³/mol. The van der Waals surface area contributed by atoms with E-state index in [1.54, 1.807) is 0 Å². The van der Waals surface area contributed by atoms with Crippen molar-refractivity contribution in [3.8, 4) is 0 Å². The van der Waals surface area contributed by atoms with Gasteiger partial charge in [-0.2, -0.15) is 0 Å². The summed E-state index contributed by atoms with van der Waals surface area (Å²) in [6.45, 7) is 6.48. The summed E-state index contributed by atoms with van der Waals surface area (Å²) >= 11 is 0. The molecular formula is C63H108O6. The fourth-order valence-electron chi connectivity index (χ4n) is 8.00. The average Bonchev–Trinajstić information content (AvgIpc) is 3.35. The lowest BCUT2D eigenvalue weighted by molar-refractivity contribution is -0.167. The molecule has 6 heteroatoms. The first-order chi connectivity index (χ1) is 34.0. The maximum atomic E-state index is 12.8. The van der Waals surface area contributed by atoms with Crippen LogP contribution < -0.4 is 0 Å². The average molecular weight is 962 g/mol. The molecule has 0 aromatic rings. The minimum Gasteiger partial charge on any atom is -0.462 e. The van der Waals surface area contributed by atoms with E-state index in [-0.39, 0.29) is 37.5 Å². The number of esters is 3. The molecule has 0 aliphatic heterocycles. The summed E-state index contributed by atoms with van der Waals surface area (Å²) in [6, 6.07) is 0. The Labute approximate surface area is 426 Å². The lowest BCUT2D eigenvalue weighted by atomic mass is 10.1. The molecule has 0 aliphatic rings. The second kappa shape index (κ2) is 57.2. The third kappa shape index (κ3) is 55.4. The number of allylic oxidation sites excluding steroid dienone is 14.